The summed E-state index contributed by atoms with van der Waals surface area (Å²) in [6.07, 6.45) is 9.75. The van der Waals surface area contributed by atoms with Crippen LogP contribution in [0.2, 0.25) is 0 Å². The van der Waals surface area contributed by atoms with Gasteiger partial charge in [0.25, 0.3) is 0 Å². The van der Waals surface area contributed by atoms with Crippen molar-refractivity contribution in [1.82, 2.24) is 0 Å². The highest BCUT2D eigenvalue weighted by atomic mass is 16.3. The van der Waals surface area contributed by atoms with E-state index in [2.05, 4.69) is 6.92 Å². The summed E-state index contributed by atoms with van der Waals surface area (Å²) in [4.78, 5) is 0. The molecule has 0 radical (unpaired) electrons. The number of fused-ring (bicyclic) bond motifs is 2. The molecule has 2 nitrogen and oxygen atoms in total. The van der Waals surface area contributed by atoms with Crippen molar-refractivity contribution in [3.05, 3.63) is 0 Å². The summed E-state index contributed by atoms with van der Waals surface area (Å²) >= 11 is 0. The van der Waals surface area contributed by atoms with E-state index in [-0.39, 0.29) is 5.41 Å². The molecule has 3 rings (SSSR count). The molecule has 0 amide bonds. The summed E-state index contributed by atoms with van der Waals surface area (Å²) in [5, 5.41) is 11.3. The zero-order valence-corrected chi connectivity index (χ0v) is 11.1. The van der Waals surface area contributed by atoms with Gasteiger partial charge in [-0.15, -0.1) is 0 Å². The Morgan fingerprint density at radius 2 is 1.88 bits per heavy atom. The second-order valence-electron chi connectivity index (χ2n) is 7.17. The van der Waals surface area contributed by atoms with Crippen LogP contribution in [0.1, 0.15) is 58.3 Å². The van der Waals surface area contributed by atoms with Crippen molar-refractivity contribution in [2.75, 3.05) is 6.54 Å². The van der Waals surface area contributed by atoms with E-state index < -0.39 is 5.60 Å². The van der Waals surface area contributed by atoms with Gasteiger partial charge in [0.2, 0.25) is 0 Å². The summed E-state index contributed by atoms with van der Waals surface area (Å²) in [5.41, 5.74) is 5.76. The third-order valence-corrected chi connectivity index (χ3v) is 6.36. The Morgan fingerprint density at radius 1 is 1.18 bits per heavy atom. The Morgan fingerprint density at radius 3 is 2.35 bits per heavy atom. The fraction of sp³-hybridized carbons (Fsp3) is 1.00. The van der Waals surface area contributed by atoms with E-state index in [0.717, 1.165) is 31.1 Å². The van der Waals surface area contributed by atoms with Crippen LogP contribution in [0, 0.1) is 23.2 Å². The molecule has 0 spiro atoms. The standard InChI is InChI=1S/C15H27NO/c1-11-4-6-14(10-16,7-5-11)15(17)9-12-2-3-13(15)8-12/h11-13,17H,2-10,16H2,1H3. The third kappa shape index (κ3) is 1.60. The molecule has 0 aromatic heterocycles. The minimum absolute atomic E-state index is 0.0549. The molecule has 3 atom stereocenters. The summed E-state index contributed by atoms with van der Waals surface area (Å²) in [7, 11) is 0. The number of hydrogen-bond donors (Lipinski definition) is 2. The van der Waals surface area contributed by atoms with Crippen LogP contribution >= 0.6 is 0 Å². The Kier molecular flexibility index (Phi) is 2.79. The van der Waals surface area contributed by atoms with Crippen LogP contribution in [0.3, 0.4) is 0 Å². The molecule has 3 aliphatic carbocycles. The largest absolute Gasteiger partial charge is 0.389 e. The molecule has 0 saturated heterocycles. The van der Waals surface area contributed by atoms with Gasteiger partial charge in [0.15, 0.2) is 0 Å². The van der Waals surface area contributed by atoms with Crippen molar-refractivity contribution in [2.45, 2.75) is 63.9 Å². The van der Waals surface area contributed by atoms with Gasteiger partial charge in [-0.1, -0.05) is 19.8 Å². The van der Waals surface area contributed by atoms with E-state index in [0.29, 0.717) is 12.5 Å². The van der Waals surface area contributed by atoms with Crippen LogP contribution in [0.15, 0.2) is 0 Å². The fourth-order valence-electron chi connectivity index (χ4n) is 5.08. The summed E-state index contributed by atoms with van der Waals surface area (Å²) in [6, 6.07) is 0. The topological polar surface area (TPSA) is 46.2 Å². The lowest BCUT2D eigenvalue weighted by Gasteiger charge is -2.52. The Bertz CT molecular complexity index is 295. The molecule has 2 heteroatoms. The SMILES string of the molecule is CC1CCC(CN)(C2(O)CC3CCC2C3)CC1. The van der Waals surface area contributed by atoms with Gasteiger partial charge in [0, 0.05) is 12.0 Å². The molecule has 0 aromatic rings. The average Bonchev–Trinajstić information content (AvgIpc) is 2.91. The molecule has 3 N–H and O–H groups in total. The molecule has 3 unspecified atom stereocenters. The number of nitrogens with two attached hydrogens (primary N) is 1. The zero-order chi connectivity index (χ0) is 12.1. The van der Waals surface area contributed by atoms with Crippen molar-refractivity contribution < 1.29 is 5.11 Å². The van der Waals surface area contributed by atoms with Gasteiger partial charge in [-0.05, 0) is 56.3 Å². The Hall–Kier alpha value is -0.0800. The van der Waals surface area contributed by atoms with E-state index >= 15 is 0 Å². The predicted octanol–water partition coefficient (Wildman–Crippen LogP) is 2.69. The van der Waals surface area contributed by atoms with Gasteiger partial charge in [-0.25, -0.2) is 0 Å². The minimum Gasteiger partial charge on any atom is -0.389 e. The predicted molar refractivity (Wildman–Crippen MR) is 69.5 cm³/mol. The highest BCUT2D eigenvalue weighted by molar-refractivity contribution is 5.11. The van der Waals surface area contributed by atoms with Crippen molar-refractivity contribution in [2.24, 2.45) is 28.9 Å². The van der Waals surface area contributed by atoms with Gasteiger partial charge in [0.1, 0.15) is 0 Å². The van der Waals surface area contributed by atoms with Crippen molar-refractivity contribution in [1.29, 1.82) is 0 Å². The lowest BCUT2D eigenvalue weighted by Crippen LogP contribution is -2.57. The van der Waals surface area contributed by atoms with Gasteiger partial charge in [0.05, 0.1) is 5.60 Å². The molecule has 0 aromatic carbocycles. The first-order valence-corrected chi connectivity index (χ1v) is 7.52. The van der Waals surface area contributed by atoms with Crippen LogP contribution in [-0.2, 0) is 0 Å². The van der Waals surface area contributed by atoms with Gasteiger partial charge in [-0.2, -0.15) is 0 Å². The van der Waals surface area contributed by atoms with E-state index in [9.17, 15) is 5.11 Å². The maximum atomic E-state index is 11.3. The van der Waals surface area contributed by atoms with E-state index in [1.807, 2.05) is 0 Å². The maximum absolute atomic E-state index is 11.3. The third-order valence-electron chi connectivity index (χ3n) is 6.36. The first-order chi connectivity index (χ1) is 8.10. The number of hydrogen-bond acceptors (Lipinski definition) is 2. The second kappa shape index (κ2) is 3.96. The number of rotatable bonds is 2. The van der Waals surface area contributed by atoms with E-state index in [1.54, 1.807) is 0 Å². The van der Waals surface area contributed by atoms with Gasteiger partial charge >= 0.3 is 0 Å². The lowest BCUT2D eigenvalue weighted by molar-refractivity contribution is -0.138. The molecule has 0 aliphatic heterocycles. The number of aliphatic hydroxyl groups is 1. The smallest absolute Gasteiger partial charge is 0.0746 e. The molecule has 3 saturated carbocycles. The van der Waals surface area contributed by atoms with E-state index in [4.69, 9.17) is 5.73 Å². The first-order valence-electron chi connectivity index (χ1n) is 7.52. The van der Waals surface area contributed by atoms with Crippen molar-refractivity contribution in [3.63, 3.8) is 0 Å². The first kappa shape index (κ1) is 12.0. The molecular weight excluding hydrogens is 210 g/mol. The highest BCUT2D eigenvalue weighted by Crippen LogP contribution is 2.61. The van der Waals surface area contributed by atoms with Gasteiger partial charge < -0.3 is 10.8 Å². The van der Waals surface area contributed by atoms with Crippen LogP contribution in [-0.4, -0.2) is 17.3 Å². The summed E-state index contributed by atoms with van der Waals surface area (Å²) in [6.45, 7) is 3.03. The Labute approximate surface area is 105 Å². The van der Waals surface area contributed by atoms with Crippen LogP contribution < -0.4 is 5.73 Å². The van der Waals surface area contributed by atoms with Crippen LogP contribution in [0.25, 0.3) is 0 Å². The fourth-order valence-corrected chi connectivity index (χ4v) is 5.08. The van der Waals surface area contributed by atoms with Crippen LogP contribution in [0.4, 0.5) is 0 Å². The normalized spacial score (nSPS) is 54.2. The maximum Gasteiger partial charge on any atom is 0.0746 e. The lowest BCUT2D eigenvalue weighted by atomic mass is 9.57. The highest BCUT2D eigenvalue weighted by Gasteiger charge is 2.60. The molecule has 17 heavy (non-hydrogen) atoms. The van der Waals surface area contributed by atoms with Gasteiger partial charge in [-0.3, -0.25) is 0 Å². The second-order valence-corrected chi connectivity index (χ2v) is 7.17. The zero-order valence-electron chi connectivity index (χ0n) is 11.1. The monoisotopic (exact) mass is 237 g/mol. The summed E-state index contributed by atoms with van der Waals surface area (Å²) < 4.78 is 0. The molecule has 0 heterocycles. The quantitative estimate of drug-likeness (QED) is 0.775. The van der Waals surface area contributed by atoms with E-state index in [1.165, 1.54) is 32.1 Å². The summed E-state index contributed by atoms with van der Waals surface area (Å²) in [5.74, 6) is 2.19. The molecule has 3 aliphatic rings. The van der Waals surface area contributed by atoms with Crippen molar-refractivity contribution in [3.8, 4) is 0 Å². The van der Waals surface area contributed by atoms with Crippen molar-refractivity contribution >= 4 is 0 Å². The molecule has 98 valence electrons. The molecule has 2 bridgehead atoms. The van der Waals surface area contributed by atoms with Crippen LogP contribution in [0.5, 0.6) is 0 Å². The minimum atomic E-state index is -0.412. The molecule has 3 fully saturated rings. The Balaban J connectivity index is 1.85. The average molecular weight is 237 g/mol. The molecular formula is C15H27NO.